The molecule has 3 aliphatic rings. The van der Waals surface area contributed by atoms with Crippen LogP contribution in [0.3, 0.4) is 0 Å². The fraction of sp³-hybridized carbons (Fsp3) is 0.560. The van der Waals surface area contributed by atoms with Crippen LogP contribution in [0.2, 0.25) is 0 Å². The maximum absolute atomic E-state index is 13.7. The third-order valence-corrected chi connectivity index (χ3v) is 8.29. The lowest BCUT2D eigenvalue weighted by Crippen LogP contribution is -2.58. The zero-order valence-corrected chi connectivity index (χ0v) is 19.1. The first-order valence-corrected chi connectivity index (χ1v) is 12.7. The largest absolute Gasteiger partial charge is 0.368 e. The smallest absolute Gasteiger partial charge is 0.262 e. The molecule has 0 radical (unpaired) electrons. The maximum atomic E-state index is 13.7. The second-order valence-electron chi connectivity index (χ2n) is 9.35. The van der Waals surface area contributed by atoms with Gasteiger partial charge in [0.15, 0.2) is 5.78 Å². The predicted molar refractivity (Wildman–Crippen MR) is 124 cm³/mol. The molecular weight excluding hydrogens is 424 g/mol. The summed E-state index contributed by atoms with van der Waals surface area (Å²) < 4.78 is 6.69. The number of ketones is 1. The lowest BCUT2D eigenvalue weighted by molar-refractivity contribution is -0.142. The van der Waals surface area contributed by atoms with E-state index in [0.717, 1.165) is 35.8 Å². The van der Waals surface area contributed by atoms with E-state index in [4.69, 9.17) is 4.74 Å². The van der Waals surface area contributed by atoms with Gasteiger partial charge in [-0.2, -0.15) is 0 Å². The van der Waals surface area contributed by atoms with Gasteiger partial charge in [0.2, 0.25) is 5.91 Å². The molecule has 3 fully saturated rings. The molecule has 1 aliphatic carbocycles. The van der Waals surface area contributed by atoms with Gasteiger partial charge in [-0.1, -0.05) is 50.3 Å². The molecule has 170 valence electrons. The SMILES string of the molecule is O=C(NC(CC1CCCCC1)C(=O)N1CCCC2OCC(=O)C21)c1cc2ccccc2s1. The first-order chi connectivity index (χ1) is 15.6. The van der Waals surface area contributed by atoms with Gasteiger partial charge in [-0.15, -0.1) is 11.3 Å². The average molecular weight is 455 g/mol. The molecule has 1 aromatic carbocycles. The molecule has 1 aromatic heterocycles. The number of fused-ring (bicyclic) bond motifs is 2. The van der Waals surface area contributed by atoms with E-state index < -0.39 is 12.1 Å². The van der Waals surface area contributed by atoms with Crippen molar-refractivity contribution in [3.8, 4) is 0 Å². The minimum atomic E-state index is -0.608. The van der Waals surface area contributed by atoms with Crippen molar-refractivity contribution in [2.75, 3.05) is 13.2 Å². The molecule has 2 aliphatic heterocycles. The van der Waals surface area contributed by atoms with E-state index in [0.29, 0.717) is 23.8 Å². The third-order valence-electron chi connectivity index (χ3n) is 7.17. The van der Waals surface area contributed by atoms with E-state index >= 15 is 0 Å². The van der Waals surface area contributed by atoms with Crippen molar-refractivity contribution in [1.82, 2.24) is 10.2 Å². The average Bonchev–Trinajstić information content (AvgIpc) is 3.43. The second-order valence-corrected chi connectivity index (χ2v) is 10.4. The van der Waals surface area contributed by atoms with Gasteiger partial charge in [-0.3, -0.25) is 14.4 Å². The van der Waals surface area contributed by atoms with Gasteiger partial charge < -0.3 is 15.0 Å². The van der Waals surface area contributed by atoms with E-state index in [9.17, 15) is 14.4 Å². The van der Waals surface area contributed by atoms with Crippen LogP contribution in [0.25, 0.3) is 10.1 Å². The number of ether oxygens (including phenoxy) is 1. The van der Waals surface area contributed by atoms with Gasteiger partial charge in [-0.25, -0.2) is 0 Å². The molecule has 1 N–H and O–H groups in total. The number of likely N-dealkylation sites (tertiary alicyclic amines) is 1. The van der Waals surface area contributed by atoms with Gasteiger partial charge in [0.25, 0.3) is 5.91 Å². The summed E-state index contributed by atoms with van der Waals surface area (Å²) in [6.07, 6.45) is 7.85. The van der Waals surface area contributed by atoms with Crippen LogP contribution in [-0.2, 0) is 14.3 Å². The summed E-state index contributed by atoms with van der Waals surface area (Å²) in [5.41, 5.74) is 0. The van der Waals surface area contributed by atoms with Crippen LogP contribution in [0, 0.1) is 5.92 Å². The number of hydrogen-bond acceptors (Lipinski definition) is 5. The van der Waals surface area contributed by atoms with Gasteiger partial charge in [0, 0.05) is 11.2 Å². The predicted octanol–water partition coefficient (Wildman–Crippen LogP) is 3.93. The minimum Gasteiger partial charge on any atom is -0.368 e. The lowest BCUT2D eigenvalue weighted by Gasteiger charge is -2.38. The van der Waals surface area contributed by atoms with Crippen LogP contribution < -0.4 is 5.32 Å². The molecule has 0 spiro atoms. The van der Waals surface area contributed by atoms with Crippen LogP contribution in [0.15, 0.2) is 30.3 Å². The molecule has 3 atom stereocenters. The summed E-state index contributed by atoms with van der Waals surface area (Å²) in [7, 11) is 0. The first kappa shape index (κ1) is 21.6. The van der Waals surface area contributed by atoms with Crippen molar-refractivity contribution in [3.63, 3.8) is 0 Å². The van der Waals surface area contributed by atoms with Crippen LogP contribution in [0.4, 0.5) is 0 Å². The molecule has 1 saturated carbocycles. The Morgan fingerprint density at radius 3 is 2.75 bits per heavy atom. The van der Waals surface area contributed by atoms with Crippen molar-refractivity contribution in [1.29, 1.82) is 0 Å². The molecule has 5 rings (SSSR count). The van der Waals surface area contributed by atoms with Crippen molar-refractivity contribution in [3.05, 3.63) is 35.2 Å². The molecule has 2 aromatic rings. The summed E-state index contributed by atoms with van der Waals surface area (Å²) in [5.74, 6) is 0.0772. The number of carbonyl (C=O) groups excluding carboxylic acids is 3. The molecular formula is C25H30N2O4S. The van der Waals surface area contributed by atoms with Gasteiger partial charge >= 0.3 is 0 Å². The monoisotopic (exact) mass is 454 g/mol. The number of rotatable bonds is 5. The fourth-order valence-electron chi connectivity index (χ4n) is 5.54. The molecule has 7 heteroatoms. The topological polar surface area (TPSA) is 75.7 Å². The Bertz CT molecular complexity index is 979. The number of carbonyl (C=O) groups is 3. The zero-order chi connectivity index (χ0) is 22.1. The Labute approximate surface area is 192 Å². The van der Waals surface area contributed by atoms with Crippen molar-refractivity contribution in [2.24, 2.45) is 5.92 Å². The highest BCUT2D eigenvalue weighted by Gasteiger charge is 2.46. The van der Waals surface area contributed by atoms with E-state index in [1.807, 2.05) is 30.3 Å². The third kappa shape index (κ3) is 4.33. The van der Waals surface area contributed by atoms with Gasteiger partial charge in [0.1, 0.15) is 18.7 Å². The standard InChI is InChI=1S/C25H30N2O4S/c28-19-15-31-20-10-6-12-27(23(19)20)25(30)18(13-16-7-2-1-3-8-16)26-24(29)22-14-17-9-4-5-11-21(17)32-22/h4-5,9,11,14,16,18,20,23H,1-3,6-8,10,12-13,15H2,(H,26,29). The Kier molecular flexibility index (Phi) is 6.28. The highest BCUT2D eigenvalue weighted by atomic mass is 32.1. The van der Waals surface area contributed by atoms with E-state index in [2.05, 4.69) is 5.32 Å². The summed E-state index contributed by atoms with van der Waals surface area (Å²) in [4.78, 5) is 41.7. The first-order valence-electron chi connectivity index (χ1n) is 11.8. The number of benzene rings is 1. The number of nitrogens with zero attached hydrogens (tertiary/aromatic N) is 1. The summed E-state index contributed by atoms with van der Waals surface area (Å²) >= 11 is 1.45. The van der Waals surface area contributed by atoms with Crippen LogP contribution in [-0.4, -0.2) is 53.8 Å². The van der Waals surface area contributed by atoms with E-state index in [1.165, 1.54) is 30.6 Å². The number of hydrogen-bond donors (Lipinski definition) is 1. The zero-order valence-electron chi connectivity index (χ0n) is 18.3. The van der Waals surface area contributed by atoms with Gasteiger partial charge in [0.05, 0.1) is 11.0 Å². The van der Waals surface area contributed by atoms with E-state index in [-0.39, 0.29) is 30.3 Å². The highest BCUT2D eigenvalue weighted by Crippen LogP contribution is 2.31. The fourth-order valence-corrected chi connectivity index (χ4v) is 6.50. The molecule has 2 amide bonds. The second kappa shape index (κ2) is 9.32. The Morgan fingerprint density at radius 2 is 1.94 bits per heavy atom. The Morgan fingerprint density at radius 1 is 1.12 bits per heavy atom. The van der Waals surface area contributed by atoms with E-state index in [1.54, 1.807) is 4.90 Å². The van der Waals surface area contributed by atoms with Crippen molar-refractivity contribution in [2.45, 2.75) is 69.6 Å². The summed E-state index contributed by atoms with van der Waals surface area (Å²) in [5, 5.41) is 4.09. The van der Waals surface area contributed by atoms with Crippen LogP contribution >= 0.6 is 11.3 Å². The van der Waals surface area contributed by atoms with Gasteiger partial charge in [-0.05, 0) is 42.7 Å². The number of piperidine rings is 1. The number of nitrogens with one attached hydrogen (secondary N) is 1. The molecule has 3 heterocycles. The summed E-state index contributed by atoms with van der Waals surface area (Å²) in [6.45, 7) is 0.634. The number of thiophene rings is 1. The lowest BCUT2D eigenvalue weighted by atomic mass is 9.84. The number of Topliss-reactive ketones (excluding diaryl/α,β-unsaturated/α-hetero) is 1. The Hall–Kier alpha value is -2.25. The molecule has 32 heavy (non-hydrogen) atoms. The van der Waals surface area contributed by atoms with Crippen molar-refractivity contribution < 1.29 is 19.1 Å². The van der Waals surface area contributed by atoms with Crippen molar-refractivity contribution >= 4 is 39.0 Å². The van der Waals surface area contributed by atoms with Crippen LogP contribution in [0.1, 0.15) is 61.0 Å². The quantitative estimate of drug-likeness (QED) is 0.743. The maximum Gasteiger partial charge on any atom is 0.262 e. The molecule has 0 bridgehead atoms. The normalized spacial score (nSPS) is 25.0. The summed E-state index contributed by atoms with van der Waals surface area (Å²) in [6, 6.07) is 8.70. The Balaban J connectivity index is 1.37. The number of amides is 2. The van der Waals surface area contributed by atoms with Crippen LogP contribution in [0.5, 0.6) is 0 Å². The molecule has 2 saturated heterocycles. The minimum absolute atomic E-state index is 0.0182. The molecule has 3 unspecified atom stereocenters. The molecule has 6 nitrogen and oxygen atoms in total. The highest BCUT2D eigenvalue weighted by molar-refractivity contribution is 7.20.